The summed E-state index contributed by atoms with van der Waals surface area (Å²) < 4.78 is 0. The molecule has 2 aromatic rings. The molecule has 0 saturated carbocycles. The minimum absolute atomic E-state index is 0.977. The van der Waals surface area contributed by atoms with Gasteiger partial charge in [0, 0.05) is 24.8 Å². The van der Waals surface area contributed by atoms with Crippen molar-refractivity contribution in [3.8, 4) is 0 Å². The summed E-state index contributed by atoms with van der Waals surface area (Å²) in [4.78, 5) is 2.52. The fourth-order valence-electron chi connectivity index (χ4n) is 3.63. The first kappa shape index (κ1) is 16.0. The Kier molecular flexibility index (Phi) is 4.97. The van der Waals surface area contributed by atoms with Crippen molar-refractivity contribution in [1.29, 1.82) is 0 Å². The Morgan fingerprint density at radius 3 is 2.87 bits per heavy atom. The smallest absolute Gasteiger partial charge is 0.0532 e. The molecule has 1 N–H and O–H groups in total. The molecule has 1 heterocycles. The van der Waals surface area contributed by atoms with Crippen LogP contribution in [-0.2, 0) is 19.4 Å². The highest BCUT2D eigenvalue weighted by atomic mass is 15.1. The summed E-state index contributed by atoms with van der Waals surface area (Å²) in [6.45, 7) is 11.9. The van der Waals surface area contributed by atoms with Crippen LogP contribution in [0.15, 0.2) is 31.1 Å². The van der Waals surface area contributed by atoms with E-state index < -0.39 is 0 Å². The normalized spacial score (nSPS) is 13.8. The highest BCUT2D eigenvalue weighted by Gasteiger charge is 2.18. The predicted molar refractivity (Wildman–Crippen MR) is 96.4 cm³/mol. The number of fused-ring (bicyclic) bond motifs is 1. The third-order valence-electron chi connectivity index (χ3n) is 4.97. The summed E-state index contributed by atoms with van der Waals surface area (Å²) in [6.07, 6.45) is 8.51. The minimum atomic E-state index is 0.977. The van der Waals surface area contributed by atoms with E-state index in [4.69, 9.17) is 0 Å². The predicted octanol–water partition coefficient (Wildman–Crippen LogP) is 4.13. The molecule has 23 heavy (non-hydrogen) atoms. The molecule has 0 atom stereocenters. The average molecular weight is 309 g/mol. The molecular formula is C20H27N3. The van der Waals surface area contributed by atoms with Crippen molar-refractivity contribution < 1.29 is 0 Å². The van der Waals surface area contributed by atoms with Crippen molar-refractivity contribution in [2.45, 2.75) is 46.1 Å². The van der Waals surface area contributed by atoms with Crippen LogP contribution in [0.5, 0.6) is 0 Å². The van der Waals surface area contributed by atoms with Crippen LogP contribution in [0.3, 0.4) is 0 Å². The highest BCUT2D eigenvalue weighted by Crippen LogP contribution is 2.34. The Morgan fingerprint density at radius 2 is 2.13 bits per heavy atom. The lowest BCUT2D eigenvalue weighted by Gasteiger charge is -2.22. The van der Waals surface area contributed by atoms with E-state index in [1.165, 1.54) is 46.2 Å². The lowest BCUT2D eigenvalue weighted by Crippen LogP contribution is -2.26. The van der Waals surface area contributed by atoms with Crippen LogP contribution in [0.2, 0.25) is 0 Å². The number of hydrogen-bond acceptors (Lipinski definition) is 2. The molecule has 3 nitrogen and oxygen atoms in total. The van der Waals surface area contributed by atoms with Crippen molar-refractivity contribution in [1.82, 2.24) is 15.1 Å². The molecule has 3 rings (SSSR count). The Labute approximate surface area is 139 Å². The zero-order valence-electron chi connectivity index (χ0n) is 14.4. The van der Waals surface area contributed by atoms with Crippen LogP contribution in [-0.4, -0.2) is 28.2 Å². The molecule has 0 radical (unpaired) electrons. The molecular weight excluding hydrogens is 282 g/mol. The Hall–Kier alpha value is -1.87. The van der Waals surface area contributed by atoms with Crippen molar-refractivity contribution >= 4 is 5.57 Å². The van der Waals surface area contributed by atoms with Crippen LogP contribution < -0.4 is 0 Å². The molecule has 0 spiro atoms. The number of allylic oxidation sites excluding steroid dienone is 1. The maximum Gasteiger partial charge on any atom is 0.0532 e. The van der Waals surface area contributed by atoms with E-state index in [-0.39, 0.29) is 0 Å². The summed E-state index contributed by atoms with van der Waals surface area (Å²) >= 11 is 0. The maximum absolute atomic E-state index is 4.19. The first-order valence-electron chi connectivity index (χ1n) is 8.68. The third kappa shape index (κ3) is 3.56. The fourth-order valence-corrected chi connectivity index (χ4v) is 3.63. The second-order valence-corrected chi connectivity index (χ2v) is 6.61. The van der Waals surface area contributed by atoms with Crippen molar-refractivity contribution in [2.24, 2.45) is 0 Å². The van der Waals surface area contributed by atoms with E-state index in [2.05, 4.69) is 47.7 Å². The number of H-pyrrole nitrogens is 1. The Bertz CT molecular complexity index is 670. The fraction of sp³-hybridized carbons (Fsp3) is 0.450. The number of rotatable bonds is 7. The summed E-state index contributed by atoms with van der Waals surface area (Å²) in [7, 11) is 0. The van der Waals surface area contributed by atoms with Crippen LogP contribution in [0.4, 0.5) is 0 Å². The molecule has 0 bridgehead atoms. The topological polar surface area (TPSA) is 31.9 Å². The van der Waals surface area contributed by atoms with Gasteiger partial charge in [0.15, 0.2) is 0 Å². The first-order valence-corrected chi connectivity index (χ1v) is 8.68. The van der Waals surface area contributed by atoms with Crippen LogP contribution in [0.1, 0.15) is 47.6 Å². The van der Waals surface area contributed by atoms with Gasteiger partial charge in [-0.15, -0.1) is 0 Å². The molecule has 0 unspecified atom stereocenters. The van der Waals surface area contributed by atoms with Crippen LogP contribution in [0.25, 0.3) is 5.57 Å². The number of aromatic amines is 1. The summed E-state index contributed by atoms with van der Waals surface area (Å²) in [5.41, 5.74) is 8.48. The first-order chi connectivity index (χ1) is 11.2. The van der Waals surface area contributed by atoms with Gasteiger partial charge < -0.3 is 0 Å². The standard InChI is InChI=1S/C20H27N3/c1-4-10-23(14-17-12-21-22-13-17)11-9-18-6-8-19-15(2)5-7-20(19)16(18)3/h6,8,12-13H,2,4-5,7,9-11,14H2,1,3H3,(H,21,22). The lowest BCUT2D eigenvalue weighted by molar-refractivity contribution is 0.269. The van der Waals surface area contributed by atoms with Gasteiger partial charge in [-0.05, 0) is 67.0 Å². The van der Waals surface area contributed by atoms with Crippen LogP contribution in [0, 0.1) is 6.92 Å². The molecule has 0 amide bonds. The van der Waals surface area contributed by atoms with E-state index in [1.54, 1.807) is 0 Å². The van der Waals surface area contributed by atoms with Crippen molar-refractivity contribution in [3.63, 3.8) is 0 Å². The largest absolute Gasteiger partial charge is 0.299 e. The molecule has 1 aliphatic carbocycles. The number of nitrogens with zero attached hydrogens (tertiary/aromatic N) is 2. The zero-order chi connectivity index (χ0) is 16.2. The average Bonchev–Trinajstić information content (AvgIpc) is 3.17. The number of hydrogen-bond donors (Lipinski definition) is 1. The second kappa shape index (κ2) is 7.14. The molecule has 0 saturated heterocycles. The molecule has 1 aromatic carbocycles. The molecule has 0 fully saturated rings. The third-order valence-corrected chi connectivity index (χ3v) is 4.97. The maximum atomic E-state index is 4.19. The summed E-state index contributed by atoms with van der Waals surface area (Å²) in [6, 6.07) is 4.60. The minimum Gasteiger partial charge on any atom is -0.299 e. The quantitative estimate of drug-likeness (QED) is 0.834. The van der Waals surface area contributed by atoms with Gasteiger partial charge in [-0.3, -0.25) is 10.00 Å². The molecule has 1 aromatic heterocycles. The van der Waals surface area contributed by atoms with Gasteiger partial charge in [-0.1, -0.05) is 25.6 Å². The monoisotopic (exact) mass is 309 g/mol. The zero-order valence-corrected chi connectivity index (χ0v) is 14.4. The molecule has 1 aliphatic rings. The summed E-state index contributed by atoms with van der Waals surface area (Å²) in [5.74, 6) is 0. The van der Waals surface area contributed by atoms with Crippen molar-refractivity contribution in [2.75, 3.05) is 13.1 Å². The van der Waals surface area contributed by atoms with Gasteiger partial charge in [-0.2, -0.15) is 5.10 Å². The number of benzene rings is 1. The molecule has 3 heteroatoms. The van der Waals surface area contributed by atoms with E-state index in [0.29, 0.717) is 0 Å². The molecule has 122 valence electrons. The van der Waals surface area contributed by atoms with Gasteiger partial charge in [0.25, 0.3) is 0 Å². The van der Waals surface area contributed by atoms with Gasteiger partial charge in [0.1, 0.15) is 0 Å². The van der Waals surface area contributed by atoms with E-state index in [9.17, 15) is 0 Å². The SMILES string of the molecule is C=C1CCc2c1ccc(CCN(CCC)Cc1cn[nH]c1)c2C. The van der Waals surface area contributed by atoms with Gasteiger partial charge in [0.05, 0.1) is 6.20 Å². The van der Waals surface area contributed by atoms with Gasteiger partial charge in [-0.25, -0.2) is 0 Å². The van der Waals surface area contributed by atoms with E-state index in [0.717, 1.165) is 32.5 Å². The number of aromatic nitrogens is 2. The van der Waals surface area contributed by atoms with E-state index >= 15 is 0 Å². The van der Waals surface area contributed by atoms with Crippen LogP contribution >= 0.6 is 0 Å². The van der Waals surface area contributed by atoms with Crippen molar-refractivity contribution in [3.05, 3.63) is 58.9 Å². The van der Waals surface area contributed by atoms with Gasteiger partial charge >= 0.3 is 0 Å². The Balaban J connectivity index is 1.67. The van der Waals surface area contributed by atoms with E-state index in [1.807, 2.05) is 12.4 Å². The summed E-state index contributed by atoms with van der Waals surface area (Å²) in [5, 5.41) is 6.96. The number of nitrogens with one attached hydrogen (secondary N) is 1. The second-order valence-electron chi connectivity index (χ2n) is 6.61. The molecule has 0 aliphatic heterocycles. The Morgan fingerprint density at radius 1 is 1.26 bits per heavy atom. The van der Waals surface area contributed by atoms with Gasteiger partial charge in [0.2, 0.25) is 0 Å². The highest BCUT2D eigenvalue weighted by molar-refractivity contribution is 5.72. The lowest BCUT2D eigenvalue weighted by atomic mass is 9.96.